The van der Waals surface area contributed by atoms with Crippen LogP contribution in [0.1, 0.15) is 70.3 Å². The Bertz CT molecular complexity index is 1360. The number of rotatable bonds is 6. The third-order valence-corrected chi connectivity index (χ3v) is 5.39. The smallest absolute Gasteiger partial charge is 0.435 e. The van der Waals surface area contributed by atoms with Gasteiger partial charge in [-0.1, -0.05) is 26.8 Å². The number of aryl methyl sites for hydroxylation is 2. The van der Waals surface area contributed by atoms with Crippen LogP contribution in [0.15, 0.2) is 31.1 Å². The number of amides is 1. The Labute approximate surface area is 234 Å². The average molecular weight is 558 g/mol. The number of hydrogen-bond donors (Lipinski definition) is 1. The molecule has 0 aliphatic rings. The zero-order chi connectivity index (χ0) is 29.5. The van der Waals surface area contributed by atoms with Gasteiger partial charge < -0.3 is 10.1 Å². The summed E-state index contributed by atoms with van der Waals surface area (Å²) in [6.07, 6.45) is 7.23. The maximum Gasteiger partial charge on any atom is 0.435 e. The van der Waals surface area contributed by atoms with Crippen molar-refractivity contribution < 1.29 is 18.7 Å². The van der Waals surface area contributed by atoms with Crippen molar-refractivity contribution in [1.29, 1.82) is 0 Å². The molecule has 1 aromatic carbocycles. The first-order chi connectivity index (χ1) is 18.3. The molecule has 0 saturated carbocycles. The van der Waals surface area contributed by atoms with Crippen LogP contribution in [-0.4, -0.2) is 43.0 Å². The summed E-state index contributed by atoms with van der Waals surface area (Å²) >= 11 is 5.54. The zero-order valence-corrected chi connectivity index (χ0v) is 24.6. The number of carbonyl (C=O) groups excluding carboxylic acids is 2. The van der Waals surface area contributed by atoms with Crippen LogP contribution in [0.2, 0.25) is 0 Å². The molecule has 0 bridgehead atoms. The van der Waals surface area contributed by atoms with Gasteiger partial charge in [-0.25, -0.2) is 9.18 Å². The summed E-state index contributed by atoms with van der Waals surface area (Å²) in [5, 5.41) is 11.3. The predicted molar refractivity (Wildman–Crippen MR) is 156 cm³/mol. The Hall–Kier alpha value is -3.72. The monoisotopic (exact) mass is 557 g/mol. The van der Waals surface area contributed by atoms with Crippen LogP contribution in [0.5, 0.6) is 0 Å². The molecule has 0 aliphatic carbocycles. The standard InChI is InChI=1S/C26H29ClFN5O3.C3H8/c1-8-21-19(10-16(3)23-15(2)9-18(11-20(23)28)30-22(34)12-27)24(17-13-29-32(7)14-17)31-33(21)25(35)36-26(4,5)6;1-3-2/h8-11,13-14H,1,12H2,2-7H3,(H,30,34);3H2,1-2H3/b16-10+;. The summed E-state index contributed by atoms with van der Waals surface area (Å²) in [7, 11) is 1.77. The first-order valence-corrected chi connectivity index (χ1v) is 13.1. The number of carbonyl (C=O) groups is 2. The normalized spacial score (nSPS) is 11.5. The highest BCUT2D eigenvalue weighted by molar-refractivity contribution is 6.29. The fourth-order valence-electron chi connectivity index (χ4n) is 3.78. The maximum absolute atomic E-state index is 15.2. The molecule has 210 valence electrons. The molecular formula is C29H37ClFN5O3. The SMILES string of the molecule is C=Cc1c(/C=C(\C)c2c(C)cc(NC(=O)CCl)cc2F)c(-c2cnn(C)c2)nn1C(=O)OC(C)(C)C.CCC. The number of alkyl halides is 1. The highest BCUT2D eigenvalue weighted by Gasteiger charge is 2.25. The van der Waals surface area contributed by atoms with E-state index < -0.39 is 23.4 Å². The molecule has 0 aliphatic heterocycles. The molecule has 1 amide bonds. The van der Waals surface area contributed by atoms with E-state index in [-0.39, 0.29) is 5.88 Å². The van der Waals surface area contributed by atoms with Crippen LogP contribution < -0.4 is 5.32 Å². The zero-order valence-electron chi connectivity index (χ0n) is 23.9. The Kier molecular flexibility index (Phi) is 10.8. The summed E-state index contributed by atoms with van der Waals surface area (Å²) in [4.78, 5) is 24.6. The molecule has 2 heterocycles. The second kappa shape index (κ2) is 13.4. The second-order valence-corrected chi connectivity index (χ2v) is 10.3. The van der Waals surface area contributed by atoms with E-state index in [0.717, 1.165) is 4.68 Å². The van der Waals surface area contributed by atoms with Crippen molar-refractivity contribution in [2.24, 2.45) is 7.05 Å². The minimum absolute atomic E-state index is 0.232. The lowest BCUT2D eigenvalue weighted by molar-refractivity contribution is -0.113. The molecule has 8 nitrogen and oxygen atoms in total. The number of aromatic nitrogens is 4. The van der Waals surface area contributed by atoms with Crippen molar-refractivity contribution in [2.75, 3.05) is 11.2 Å². The molecule has 3 rings (SSSR count). The van der Waals surface area contributed by atoms with E-state index in [1.54, 1.807) is 70.9 Å². The molecule has 0 saturated heterocycles. The van der Waals surface area contributed by atoms with Gasteiger partial charge in [0.05, 0.1) is 11.9 Å². The van der Waals surface area contributed by atoms with Crippen LogP contribution >= 0.6 is 11.6 Å². The number of anilines is 1. The van der Waals surface area contributed by atoms with Gasteiger partial charge in [0.1, 0.15) is 23.0 Å². The van der Waals surface area contributed by atoms with Crippen molar-refractivity contribution in [2.45, 2.75) is 60.5 Å². The highest BCUT2D eigenvalue weighted by Crippen LogP contribution is 2.33. The van der Waals surface area contributed by atoms with Crippen LogP contribution in [0.4, 0.5) is 14.9 Å². The molecule has 1 N–H and O–H groups in total. The van der Waals surface area contributed by atoms with Crippen molar-refractivity contribution in [3.8, 4) is 11.3 Å². The molecule has 0 spiro atoms. The average Bonchev–Trinajstić information content (AvgIpc) is 3.41. The number of benzene rings is 1. The molecule has 10 heteroatoms. The Morgan fingerprint density at radius 3 is 2.38 bits per heavy atom. The lowest BCUT2D eigenvalue weighted by Gasteiger charge is -2.19. The Morgan fingerprint density at radius 2 is 1.90 bits per heavy atom. The second-order valence-electron chi connectivity index (χ2n) is 10.0. The van der Waals surface area contributed by atoms with E-state index in [0.29, 0.717) is 44.9 Å². The summed E-state index contributed by atoms with van der Waals surface area (Å²) in [6.45, 7) is 16.9. The van der Waals surface area contributed by atoms with E-state index >= 15 is 4.39 Å². The first kappa shape index (κ1) is 31.5. The Balaban J connectivity index is 0.00000170. The first-order valence-electron chi connectivity index (χ1n) is 12.6. The predicted octanol–water partition coefficient (Wildman–Crippen LogP) is 7.31. The lowest BCUT2D eigenvalue weighted by atomic mass is 9.97. The summed E-state index contributed by atoms with van der Waals surface area (Å²) in [6, 6.07) is 2.91. The molecule has 2 aromatic heterocycles. The van der Waals surface area contributed by atoms with E-state index in [4.69, 9.17) is 16.3 Å². The van der Waals surface area contributed by atoms with E-state index in [9.17, 15) is 9.59 Å². The molecule has 0 radical (unpaired) electrons. The van der Waals surface area contributed by atoms with Gasteiger partial charge in [-0.15, -0.1) is 11.6 Å². The van der Waals surface area contributed by atoms with Gasteiger partial charge >= 0.3 is 6.09 Å². The minimum Gasteiger partial charge on any atom is -0.442 e. The topological polar surface area (TPSA) is 91.0 Å². The summed E-state index contributed by atoms with van der Waals surface area (Å²) in [5.74, 6) is -1.18. The van der Waals surface area contributed by atoms with Crippen LogP contribution in [0.3, 0.4) is 0 Å². The van der Waals surface area contributed by atoms with Gasteiger partial charge in [0, 0.05) is 35.6 Å². The van der Waals surface area contributed by atoms with Crippen molar-refractivity contribution in [3.05, 3.63) is 59.3 Å². The highest BCUT2D eigenvalue weighted by atomic mass is 35.5. The number of nitrogens with zero attached hydrogens (tertiary/aromatic N) is 4. The van der Waals surface area contributed by atoms with Crippen LogP contribution in [0.25, 0.3) is 29.0 Å². The number of allylic oxidation sites excluding steroid dienone is 1. The van der Waals surface area contributed by atoms with Gasteiger partial charge in [0.15, 0.2) is 0 Å². The summed E-state index contributed by atoms with van der Waals surface area (Å²) in [5.41, 5.74) is 3.21. The van der Waals surface area contributed by atoms with Gasteiger partial charge in [-0.3, -0.25) is 9.48 Å². The fourth-order valence-corrected chi connectivity index (χ4v) is 3.85. The Morgan fingerprint density at radius 1 is 1.26 bits per heavy atom. The third kappa shape index (κ3) is 8.13. The minimum atomic E-state index is -0.733. The van der Waals surface area contributed by atoms with Gasteiger partial charge in [0.2, 0.25) is 5.91 Å². The van der Waals surface area contributed by atoms with E-state index in [1.807, 2.05) is 0 Å². The molecule has 0 fully saturated rings. The summed E-state index contributed by atoms with van der Waals surface area (Å²) < 4.78 is 23.5. The van der Waals surface area contributed by atoms with E-state index in [1.165, 1.54) is 18.6 Å². The van der Waals surface area contributed by atoms with Crippen LogP contribution in [0, 0.1) is 12.7 Å². The third-order valence-electron chi connectivity index (χ3n) is 5.15. The van der Waals surface area contributed by atoms with Crippen molar-refractivity contribution in [1.82, 2.24) is 19.6 Å². The number of hydrogen-bond acceptors (Lipinski definition) is 5. The lowest BCUT2D eigenvalue weighted by Crippen LogP contribution is -2.28. The maximum atomic E-state index is 15.2. The van der Waals surface area contributed by atoms with E-state index in [2.05, 4.69) is 35.9 Å². The number of ether oxygens (including phenoxy) is 1. The quantitative estimate of drug-likeness (QED) is 0.321. The van der Waals surface area contributed by atoms with Crippen LogP contribution in [-0.2, 0) is 16.6 Å². The molecule has 3 aromatic rings. The number of nitrogens with one attached hydrogen (secondary N) is 1. The number of halogens is 2. The molecule has 0 unspecified atom stereocenters. The fraction of sp³-hybridized carbons (Fsp3) is 0.379. The van der Waals surface area contributed by atoms with Gasteiger partial charge in [0.25, 0.3) is 0 Å². The molecular weight excluding hydrogens is 521 g/mol. The van der Waals surface area contributed by atoms with Gasteiger partial charge in [-0.2, -0.15) is 14.9 Å². The molecule has 0 atom stereocenters. The van der Waals surface area contributed by atoms with Crippen molar-refractivity contribution in [3.63, 3.8) is 0 Å². The largest absolute Gasteiger partial charge is 0.442 e. The van der Waals surface area contributed by atoms with Gasteiger partial charge in [-0.05, 0) is 70.0 Å². The van der Waals surface area contributed by atoms with Crippen molar-refractivity contribution >= 4 is 47.0 Å². The molecule has 39 heavy (non-hydrogen) atoms.